The largest absolute Gasteiger partial charge is 0.340 e. The molecule has 0 aromatic heterocycles. The molecule has 1 amide bonds. The molecular formula is C20H24ClN3O3S. The first-order valence-corrected chi connectivity index (χ1v) is 11.0. The van der Waals surface area contributed by atoms with Crippen LogP contribution < -0.4 is 4.72 Å². The topological polar surface area (TPSA) is 69.7 Å². The van der Waals surface area contributed by atoms with Crippen molar-refractivity contribution in [3.05, 3.63) is 65.2 Å². The average molecular weight is 422 g/mol. The lowest BCUT2D eigenvalue weighted by molar-refractivity contribution is -0.130. The van der Waals surface area contributed by atoms with Gasteiger partial charge in [0.2, 0.25) is 15.9 Å². The summed E-state index contributed by atoms with van der Waals surface area (Å²) in [7, 11) is -3.64. The number of hydrogen-bond donors (Lipinski definition) is 1. The summed E-state index contributed by atoms with van der Waals surface area (Å²) in [5.74, 6) is 0.0688. The minimum absolute atomic E-state index is 0.0688. The van der Waals surface area contributed by atoms with Gasteiger partial charge < -0.3 is 4.90 Å². The van der Waals surface area contributed by atoms with E-state index in [1.807, 2.05) is 35.2 Å². The van der Waals surface area contributed by atoms with Gasteiger partial charge in [0.05, 0.1) is 4.90 Å². The lowest BCUT2D eigenvalue weighted by Gasteiger charge is -2.39. The molecule has 8 heteroatoms. The lowest BCUT2D eigenvalue weighted by Crippen LogP contribution is -2.50. The normalized spacial score (nSPS) is 16.7. The highest BCUT2D eigenvalue weighted by Gasteiger charge is 2.27. The fourth-order valence-corrected chi connectivity index (χ4v) is 4.53. The van der Waals surface area contributed by atoms with E-state index in [0.717, 1.165) is 5.56 Å². The molecule has 0 spiro atoms. The molecule has 1 heterocycles. The van der Waals surface area contributed by atoms with E-state index in [4.69, 9.17) is 11.6 Å². The summed E-state index contributed by atoms with van der Waals surface area (Å²) in [6.45, 7) is 4.49. The molecular weight excluding hydrogens is 398 g/mol. The molecule has 3 rings (SSSR count). The number of piperazine rings is 1. The van der Waals surface area contributed by atoms with Crippen molar-refractivity contribution in [3.63, 3.8) is 0 Å². The fourth-order valence-electron chi connectivity index (χ4n) is 3.37. The number of nitrogens with one attached hydrogen (secondary N) is 1. The average Bonchev–Trinajstić information content (AvgIpc) is 2.69. The van der Waals surface area contributed by atoms with Crippen LogP contribution in [0.25, 0.3) is 0 Å². The van der Waals surface area contributed by atoms with E-state index in [2.05, 4.69) is 9.62 Å². The predicted molar refractivity (Wildman–Crippen MR) is 110 cm³/mol. The zero-order valence-electron chi connectivity index (χ0n) is 15.7. The van der Waals surface area contributed by atoms with Gasteiger partial charge in [0.15, 0.2) is 0 Å². The number of hydrogen-bond acceptors (Lipinski definition) is 4. The van der Waals surface area contributed by atoms with E-state index < -0.39 is 10.0 Å². The molecule has 1 unspecified atom stereocenters. The first kappa shape index (κ1) is 20.8. The summed E-state index contributed by atoms with van der Waals surface area (Å²) in [6.07, 6.45) is 0. The first-order valence-electron chi connectivity index (χ1n) is 9.16. The quantitative estimate of drug-likeness (QED) is 0.778. The molecule has 1 fully saturated rings. The van der Waals surface area contributed by atoms with Crippen LogP contribution in [0.1, 0.15) is 18.5 Å². The van der Waals surface area contributed by atoms with Gasteiger partial charge in [-0.1, -0.05) is 41.9 Å². The zero-order valence-corrected chi connectivity index (χ0v) is 17.3. The molecule has 0 bridgehead atoms. The van der Waals surface area contributed by atoms with Gasteiger partial charge in [-0.15, -0.1) is 0 Å². The SMILES string of the molecule is CC(=O)N1CCN(C(CNS(=O)(=O)c2ccc(Cl)cc2)c2ccccc2)CC1. The molecule has 150 valence electrons. The van der Waals surface area contributed by atoms with Crippen molar-refractivity contribution >= 4 is 27.5 Å². The third-order valence-corrected chi connectivity index (χ3v) is 6.67. The van der Waals surface area contributed by atoms with E-state index in [0.29, 0.717) is 31.2 Å². The number of carbonyl (C=O) groups excluding carboxylic acids is 1. The maximum atomic E-state index is 12.7. The van der Waals surface area contributed by atoms with Crippen LogP contribution in [0.5, 0.6) is 0 Å². The van der Waals surface area contributed by atoms with Gasteiger partial charge in [0.1, 0.15) is 0 Å². The summed E-state index contributed by atoms with van der Waals surface area (Å²) in [5, 5.41) is 0.490. The number of amides is 1. The Morgan fingerprint density at radius 3 is 2.21 bits per heavy atom. The third kappa shape index (κ3) is 5.11. The van der Waals surface area contributed by atoms with E-state index in [-0.39, 0.29) is 23.4 Å². The Morgan fingerprint density at radius 2 is 1.64 bits per heavy atom. The number of benzene rings is 2. The molecule has 2 aromatic rings. The Kier molecular flexibility index (Phi) is 6.72. The van der Waals surface area contributed by atoms with Crippen molar-refractivity contribution < 1.29 is 13.2 Å². The van der Waals surface area contributed by atoms with Crippen LogP contribution in [-0.4, -0.2) is 56.8 Å². The summed E-state index contributed by atoms with van der Waals surface area (Å²) in [6, 6.07) is 15.8. The molecule has 1 atom stereocenters. The molecule has 28 heavy (non-hydrogen) atoms. The second-order valence-corrected chi connectivity index (χ2v) is 8.98. The summed E-state index contributed by atoms with van der Waals surface area (Å²) in [5.41, 5.74) is 1.04. The molecule has 1 aliphatic heterocycles. The van der Waals surface area contributed by atoms with Crippen molar-refractivity contribution in [2.45, 2.75) is 17.9 Å². The Balaban J connectivity index is 1.75. The smallest absolute Gasteiger partial charge is 0.240 e. The Morgan fingerprint density at radius 1 is 1.04 bits per heavy atom. The molecule has 1 saturated heterocycles. The Labute approximate surface area is 171 Å². The Bertz CT molecular complexity index is 896. The lowest BCUT2D eigenvalue weighted by atomic mass is 10.0. The van der Waals surface area contributed by atoms with Crippen LogP contribution in [0, 0.1) is 0 Å². The van der Waals surface area contributed by atoms with Crippen LogP contribution in [0.2, 0.25) is 5.02 Å². The minimum atomic E-state index is -3.64. The van der Waals surface area contributed by atoms with Crippen LogP contribution in [0.3, 0.4) is 0 Å². The van der Waals surface area contributed by atoms with E-state index in [1.54, 1.807) is 19.1 Å². The van der Waals surface area contributed by atoms with Gasteiger partial charge in [0, 0.05) is 50.7 Å². The highest BCUT2D eigenvalue weighted by Crippen LogP contribution is 2.23. The fraction of sp³-hybridized carbons (Fsp3) is 0.350. The van der Waals surface area contributed by atoms with E-state index >= 15 is 0 Å². The molecule has 1 aliphatic rings. The van der Waals surface area contributed by atoms with E-state index in [1.165, 1.54) is 12.1 Å². The summed E-state index contributed by atoms with van der Waals surface area (Å²) in [4.78, 5) is 15.8. The van der Waals surface area contributed by atoms with Crippen molar-refractivity contribution in [1.82, 2.24) is 14.5 Å². The summed E-state index contributed by atoms with van der Waals surface area (Å²) >= 11 is 5.86. The molecule has 0 saturated carbocycles. The van der Waals surface area contributed by atoms with Crippen LogP contribution in [-0.2, 0) is 14.8 Å². The standard InChI is InChI=1S/C20H24ClN3O3S/c1-16(25)23-11-13-24(14-12-23)20(17-5-3-2-4-6-17)15-22-28(26,27)19-9-7-18(21)8-10-19/h2-10,20,22H,11-15H2,1H3. The van der Waals surface area contributed by atoms with Gasteiger partial charge in [0.25, 0.3) is 0 Å². The van der Waals surface area contributed by atoms with Crippen LogP contribution >= 0.6 is 11.6 Å². The maximum Gasteiger partial charge on any atom is 0.240 e. The summed E-state index contributed by atoms with van der Waals surface area (Å²) < 4.78 is 28.1. The van der Waals surface area contributed by atoms with Crippen molar-refractivity contribution in [2.24, 2.45) is 0 Å². The van der Waals surface area contributed by atoms with Gasteiger partial charge in [-0.25, -0.2) is 13.1 Å². The monoisotopic (exact) mass is 421 g/mol. The van der Waals surface area contributed by atoms with Gasteiger partial charge in [-0.2, -0.15) is 0 Å². The van der Waals surface area contributed by atoms with Gasteiger partial charge in [-0.3, -0.25) is 9.69 Å². The van der Waals surface area contributed by atoms with Crippen molar-refractivity contribution in [2.75, 3.05) is 32.7 Å². The predicted octanol–water partition coefficient (Wildman–Crippen LogP) is 2.52. The third-order valence-electron chi connectivity index (χ3n) is 4.98. The molecule has 0 aliphatic carbocycles. The van der Waals surface area contributed by atoms with Crippen molar-refractivity contribution in [3.8, 4) is 0 Å². The van der Waals surface area contributed by atoms with Crippen LogP contribution in [0.15, 0.2) is 59.5 Å². The second kappa shape index (κ2) is 9.05. The first-order chi connectivity index (χ1) is 13.4. The molecule has 1 N–H and O–H groups in total. The molecule has 0 radical (unpaired) electrons. The Hall–Kier alpha value is -1.93. The number of nitrogens with zero attached hydrogens (tertiary/aromatic N) is 2. The van der Waals surface area contributed by atoms with Crippen LogP contribution in [0.4, 0.5) is 0 Å². The minimum Gasteiger partial charge on any atom is -0.340 e. The van der Waals surface area contributed by atoms with Gasteiger partial charge in [-0.05, 0) is 29.8 Å². The number of halogens is 1. The highest BCUT2D eigenvalue weighted by atomic mass is 35.5. The van der Waals surface area contributed by atoms with Gasteiger partial charge >= 0.3 is 0 Å². The molecule has 6 nitrogen and oxygen atoms in total. The maximum absolute atomic E-state index is 12.7. The second-order valence-electron chi connectivity index (χ2n) is 6.77. The highest BCUT2D eigenvalue weighted by molar-refractivity contribution is 7.89. The van der Waals surface area contributed by atoms with E-state index in [9.17, 15) is 13.2 Å². The number of carbonyl (C=O) groups is 1. The molecule has 2 aromatic carbocycles. The van der Waals surface area contributed by atoms with Crippen molar-refractivity contribution in [1.29, 1.82) is 0 Å². The number of rotatable bonds is 6. The number of sulfonamides is 1. The zero-order chi connectivity index (χ0) is 20.1.